The van der Waals surface area contributed by atoms with Crippen LogP contribution in [0.1, 0.15) is 23.2 Å². The Kier molecular flexibility index (Phi) is 6.72. The lowest BCUT2D eigenvalue weighted by Crippen LogP contribution is -2.24. The molecule has 0 aliphatic carbocycles. The van der Waals surface area contributed by atoms with Crippen LogP contribution in [0.15, 0.2) is 13.6 Å². The quantitative estimate of drug-likeness (QED) is 0.393. The molecule has 15 heavy (non-hydrogen) atoms. The second-order valence-corrected chi connectivity index (χ2v) is 7.72. The average Bonchev–Trinajstić information content (AvgIpc) is 2.52. The van der Waals surface area contributed by atoms with Gasteiger partial charge in [0.2, 0.25) is 0 Å². The van der Waals surface area contributed by atoms with Crippen molar-refractivity contribution in [2.45, 2.75) is 12.8 Å². The van der Waals surface area contributed by atoms with Crippen molar-refractivity contribution in [2.24, 2.45) is 0 Å². The predicted molar refractivity (Wildman–Crippen MR) is 80.2 cm³/mol. The summed E-state index contributed by atoms with van der Waals surface area (Å²) in [7, 11) is 0. The fourth-order valence-electron chi connectivity index (χ4n) is 1.01. The molecular weight excluding hydrogens is 457 g/mol. The zero-order valence-corrected chi connectivity index (χ0v) is 14.0. The molecule has 0 radical (unpaired) electrons. The van der Waals surface area contributed by atoms with Gasteiger partial charge in [0.15, 0.2) is 0 Å². The number of halogens is 3. The maximum Gasteiger partial charge on any atom is 0.253 e. The Hall–Kier alpha value is 0.860. The SMILES string of the molecule is O=C(NCCCCI)c1cc(Br)sc1Br. The number of hydrogen-bond acceptors (Lipinski definition) is 2. The second-order valence-electron chi connectivity index (χ2n) is 2.89. The summed E-state index contributed by atoms with van der Waals surface area (Å²) in [5.41, 5.74) is 0.710. The first-order valence-electron chi connectivity index (χ1n) is 4.44. The highest BCUT2D eigenvalue weighted by Crippen LogP contribution is 2.31. The summed E-state index contributed by atoms with van der Waals surface area (Å²) >= 11 is 10.6. The van der Waals surface area contributed by atoms with E-state index in [4.69, 9.17) is 0 Å². The van der Waals surface area contributed by atoms with Crippen LogP contribution in [0.25, 0.3) is 0 Å². The molecule has 1 heterocycles. The summed E-state index contributed by atoms with van der Waals surface area (Å²) in [6, 6.07) is 1.84. The molecule has 84 valence electrons. The lowest BCUT2D eigenvalue weighted by Gasteiger charge is -2.02. The molecular formula is C9H10Br2INOS. The second kappa shape index (κ2) is 7.24. The van der Waals surface area contributed by atoms with E-state index >= 15 is 0 Å². The molecule has 0 aliphatic heterocycles. The van der Waals surface area contributed by atoms with E-state index in [0.717, 1.165) is 31.4 Å². The molecule has 2 nitrogen and oxygen atoms in total. The summed E-state index contributed by atoms with van der Waals surface area (Å²) in [6.45, 7) is 0.752. The van der Waals surface area contributed by atoms with Crippen molar-refractivity contribution in [2.75, 3.05) is 11.0 Å². The third-order valence-electron chi connectivity index (χ3n) is 1.75. The summed E-state index contributed by atoms with van der Waals surface area (Å²) in [6.07, 6.45) is 2.19. The lowest BCUT2D eigenvalue weighted by molar-refractivity contribution is 0.0953. The molecule has 1 rings (SSSR count). The van der Waals surface area contributed by atoms with Gasteiger partial charge in [-0.3, -0.25) is 4.79 Å². The Morgan fingerprint density at radius 1 is 1.47 bits per heavy atom. The molecule has 0 unspecified atom stereocenters. The highest BCUT2D eigenvalue weighted by molar-refractivity contribution is 14.1. The highest BCUT2D eigenvalue weighted by atomic mass is 127. The van der Waals surface area contributed by atoms with Crippen LogP contribution in [0.3, 0.4) is 0 Å². The monoisotopic (exact) mass is 465 g/mol. The number of alkyl halides is 1. The van der Waals surface area contributed by atoms with E-state index in [1.54, 1.807) is 0 Å². The zero-order valence-electron chi connectivity index (χ0n) is 7.86. The lowest BCUT2D eigenvalue weighted by atomic mass is 10.3. The molecule has 1 amide bonds. The molecule has 0 aliphatic rings. The molecule has 0 saturated heterocycles. The largest absolute Gasteiger partial charge is 0.352 e. The van der Waals surface area contributed by atoms with Gasteiger partial charge in [-0.15, -0.1) is 11.3 Å². The van der Waals surface area contributed by atoms with Crippen molar-refractivity contribution in [3.8, 4) is 0 Å². The number of hydrogen-bond donors (Lipinski definition) is 1. The van der Waals surface area contributed by atoms with Crippen molar-refractivity contribution >= 4 is 71.7 Å². The normalized spacial score (nSPS) is 10.3. The van der Waals surface area contributed by atoms with Crippen LogP contribution in [-0.4, -0.2) is 16.9 Å². The summed E-state index contributed by atoms with van der Waals surface area (Å²) in [5.74, 6) is -0.00252. The molecule has 0 atom stereocenters. The molecule has 1 aromatic heterocycles. The first-order chi connectivity index (χ1) is 7.15. The molecule has 1 N–H and O–H groups in total. The first-order valence-corrected chi connectivity index (χ1v) is 8.37. The van der Waals surface area contributed by atoms with E-state index < -0.39 is 0 Å². The van der Waals surface area contributed by atoms with Gasteiger partial charge in [0, 0.05) is 6.54 Å². The van der Waals surface area contributed by atoms with Gasteiger partial charge in [0.05, 0.1) is 13.1 Å². The van der Waals surface area contributed by atoms with Crippen molar-refractivity contribution in [1.29, 1.82) is 0 Å². The van der Waals surface area contributed by atoms with Crippen LogP contribution < -0.4 is 5.32 Å². The maximum absolute atomic E-state index is 11.7. The van der Waals surface area contributed by atoms with Crippen molar-refractivity contribution in [3.05, 3.63) is 19.2 Å². The van der Waals surface area contributed by atoms with E-state index in [1.807, 2.05) is 6.07 Å². The maximum atomic E-state index is 11.7. The van der Waals surface area contributed by atoms with Gasteiger partial charge in [-0.1, -0.05) is 22.6 Å². The molecule has 0 bridgehead atoms. The number of nitrogens with one attached hydrogen (secondary N) is 1. The number of rotatable bonds is 5. The number of carbonyl (C=O) groups excluding carboxylic acids is 1. The number of unbranched alkanes of at least 4 members (excludes halogenated alkanes) is 1. The molecule has 0 spiro atoms. The third-order valence-corrected chi connectivity index (χ3v) is 4.85. The predicted octanol–water partition coefficient (Wildman–Crippen LogP) is 4.22. The standard InChI is InChI=1S/C9H10Br2INOS/c10-7-5-6(8(11)15-7)9(14)13-4-2-1-3-12/h5H,1-4H2,(H,13,14). The molecule has 1 aromatic rings. The van der Waals surface area contributed by atoms with E-state index in [1.165, 1.54) is 11.3 Å². The number of amides is 1. The fourth-order valence-corrected chi connectivity index (χ4v) is 4.34. The van der Waals surface area contributed by atoms with Crippen molar-refractivity contribution < 1.29 is 4.79 Å². The minimum Gasteiger partial charge on any atom is -0.352 e. The van der Waals surface area contributed by atoms with Gasteiger partial charge in [-0.05, 0) is 55.2 Å². The van der Waals surface area contributed by atoms with Gasteiger partial charge in [-0.2, -0.15) is 0 Å². The van der Waals surface area contributed by atoms with Gasteiger partial charge < -0.3 is 5.32 Å². The minimum atomic E-state index is -0.00252. The Morgan fingerprint density at radius 3 is 2.73 bits per heavy atom. The molecule has 0 fully saturated rings. The third kappa shape index (κ3) is 4.70. The van der Waals surface area contributed by atoms with Crippen LogP contribution in [0, 0.1) is 0 Å². The van der Waals surface area contributed by atoms with E-state index in [9.17, 15) is 4.79 Å². The molecule has 6 heteroatoms. The first kappa shape index (κ1) is 13.9. The van der Waals surface area contributed by atoms with E-state index in [0.29, 0.717) is 5.56 Å². The topological polar surface area (TPSA) is 29.1 Å². The Bertz CT molecular complexity index is 343. The van der Waals surface area contributed by atoms with Crippen LogP contribution in [0.4, 0.5) is 0 Å². The molecule has 0 aromatic carbocycles. The zero-order chi connectivity index (χ0) is 11.3. The van der Waals surface area contributed by atoms with Crippen LogP contribution in [0.5, 0.6) is 0 Å². The Labute approximate surface area is 124 Å². The molecule has 0 saturated carbocycles. The Morgan fingerprint density at radius 2 is 2.20 bits per heavy atom. The summed E-state index contributed by atoms with van der Waals surface area (Å²) in [5, 5.41) is 2.90. The fraction of sp³-hybridized carbons (Fsp3) is 0.444. The van der Waals surface area contributed by atoms with Crippen LogP contribution >= 0.6 is 65.8 Å². The average molecular weight is 467 g/mol. The van der Waals surface area contributed by atoms with Gasteiger partial charge in [-0.25, -0.2) is 0 Å². The van der Waals surface area contributed by atoms with E-state index in [-0.39, 0.29) is 5.91 Å². The Balaban J connectivity index is 2.43. The van der Waals surface area contributed by atoms with Gasteiger partial charge >= 0.3 is 0 Å². The van der Waals surface area contributed by atoms with E-state index in [2.05, 4.69) is 59.8 Å². The van der Waals surface area contributed by atoms with Crippen molar-refractivity contribution in [3.63, 3.8) is 0 Å². The number of carbonyl (C=O) groups is 1. The minimum absolute atomic E-state index is 0.00252. The smallest absolute Gasteiger partial charge is 0.253 e. The van der Waals surface area contributed by atoms with Crippen LogP contribution in [0.2, 0.25) is 0 Å². The summed E-state index contributed by atoms with van der Waals surface area (Å²) < 4.78 is 2.98. The van der Waals surface area contributed by atoms with Crippen molar-refractivity contribution in [1.82, 2.24) is 5.32 Å². The van der Waals surface area contributed by atoms with Gasteiger partial charge in [0.1, 0.15) is 0 Å². The number of thiophene rings is 1. The highest BCUT2D eigenvalue weighted by Gasteiger charge is 2.12. The van der Waals surface area contributed by atoms with Crippen LogP contribution in [-0.2, 0) is 0 Å². The van der Waals surface area contributed by atoms with Gasteiger partial charge in [0.25, 0.3) is 5.91 Å². The summed E-state index contributed by atoms with van der Waals surface area (Å²) in [4.78, 5) is 11.7.